The van der Waals surface area contributed by atoms with Gasteiger partial charge in [0.05, 0.1) is 0 Å². The van der Waals surface area contributed by atoms with Gasteiger partial charge in [-0.15, -0.1) is 0 Å². The van der Waals surface area contributed by atoms with E-state index in [1.165, 1.54) is 0 Å². The Bertz CT molecular complexity index is 204. The molecule has 1 unspecified atom stereocenters. The minimum atomic E-state index is 0.280. The van der Waals surface area contributed by atoms with Crippen molar-refractivity contribution in [1.29, 1.82) is 0 Å². The van der Waals surface area contributed by atoms with E-state index in [9.17, 15) is 0 Å². The van der Waals surface area contributed by atoms with Crippen molar-refractivity contribution in [2.24, 2.45) is 5.73 Å². The molecule has 68 valence electrons. The third-order valence-corrected chi connectivity index (χ3v) is 1.91. The molecule has 0 aliphatic carbocycles. The van der Waals surface area contributed by atoms with Crippen molar-refractivity contribution in [1.82, 2.24) is 4.98 Å². The van der Waals surface area contributed by atoms with E-state index in [0.717, 1.165) is 18.8 Å². The third-order valence-electron chi connectivity index (χ3n) is 1.91. The minimum Gasteiger partial charge on any atom is -0.361 e. The van der Waals surface area contributed by atoms with Gasteiger partial charge in [0, 0.05) is 25.8 Å². The van der Waals surface area contributed by atoms with Gasteiger partial charge in [0.15, 0.2) is 0 Å². The van der Waals surface area contributed by atoms with E-state index < -0.39 is 0 Å². The van der Waals surface area contributed by atoms with Crippen LogP contribution >= 0.6 is 0 Å². The minimum absolute atomic E-state index is 0.280. The lowest BCUT2D eigenvalue weighted by molar-refractivity contribution is 0.657. The van der Waals surface area contributed by atoms with Gasteiger partial charge in [-0.05, 0) is 25.5 Å². The Morgan fingerprint density at radius 3 is 2.92 bits per heavy atom. The Morgan fingerprint density at radius 1 is 1.67 bits per heavy atom. The second-order valence-corrected chi connectivity index (χ2v) is 3.24. The quantitative estimate of drug-likeness (QED) is 0.707. The first-order valence-corrected chi connectivity index (χ1v) is 4.30. The summed E-state index contributed by atoms with van der Waals surface area (Å²) < 4.78 is 0. The van der Waals surface area contributed by atoms with Crippen molar-refractivity contribution in [2.45, 2.75) is 19.4 Å². The molecule has 3 nitrogen and oxygen atoms in total. The van der Waals surface area contributed by atoms with Crippen LogP contribution < -0.4 is 10.6 Å². The van der Waals surface area contributed by atoms with E-state index in [4.69, 9.17) is 5.73 Å². The van der Waals surface area contributed by atoms with Crippen molar-refractivity contribution < 1.29 is 0 Å². The Labute approximate surface area is 73.6 Å². The van der Waals surface area contributed by atoms with E-state index in [1.54, 1.807) is 0 Å². The summed E-state index contributed by atoms with van der Waals surface area (Å²) in [5.41, 5.74) is 5.66. The molecule has 0 aliphatic heterocycles. The van der Waals surface area contributed by atoms with Crippen molar-refractivity contribution in [3.8, 4) is 0 Å². The topological polar surface area (TPSA) is 45.0 Å². The lowest BCUT2D eigenvalue weighted by Gasteiger charge is -2.18. The van der Waals surface area contributed by atoms with Crippen molar-refractivity contribution in [3.63, 3.8) is 0 Å². The zero-order chi connectivity index (χ0) is 8.97. The van der Waals surface area contributed by atoms with Gasteiger partial charge in [0.1, 0.15) is 5.82 Å². The molecule has 1 rings (SSSR count). The number of aromatic nitrogens is 1. The van der Waals surface area contributed by atoms with E-state index in [-0.39, 0.29) is 6.04 Å². The van der Waals surface area contributed by atoms with E-state index >= 15 is 0 Å². The number of H-pyrrole nitrogens is 1. The van der Waals surface area contributed by atoms with Crippen molar-refractivity contribution >= 4 is 5.82 Å². The van der Waals surface area contributed by atoms with Crippen LogP contribution in [0.3, 0.4) is 0 Å². The zero-order valence-corrected chi connectivity index (χ0v) is 7.75. The molecular formula is C9H17N3. The molecule has 0 aromatic carbocycles. The molecule has 0 spiro atoms. The number of nitrogens with zero attached hydrogens (tertiary/aromatic N) is 1. The number of anilines is 1. The Morgan fingerprint density at radius 2 is 2.42 bits per heavy atom. The number of rotatable bonds is 4. The summed E-state index contributed by atoms with van der Waals surface area (Å²) in [7, 11) is 2.06. The second kappa shape index (κ2) is 4.16. The molecule has 12 heavy (non-hydrogen) atoms. The number of nitrogens with one attached hydrogen (secondary N) is 1. The summed E-state index contributed by atoms with van der Waals surface area (Å²) >= 11 is 0. The maximum atomic E-state index is 5.66. The molecule has 0 radical (unpaired) electrons. The molecule has 0 saturated carbocycles. The lowest BCUT2D eigenvalue weighted by Crippen LogP contribution is -2.25. The van der Waals surface area contributed by atoms with Crippen LogP contribution in [0.2, 0.25) is 0 Å². The highest BCUT2D eigenvalue weighted by molar-refractivity contribution is 5.37. The van der Waals surface area contributed by atoms with Crippen LogP contribution in [-0.2, 0) is 0 Å². The van der Waals surface area contributed by atoms with Gasteiger partial charge >= 0.3 is 0 Å². The predicted octanol–water partition coefficient (Wildman–Crippen LogP) is 1.19. The summed E-state index contributed by atoms with van der Waals surface area (Å²) in [6.07, 6.45) is 2.95. The predicted molar refractivity (Wildman–Crippen MR) is 52.3 cm³/mol. The summed E-state index contributed by atoms with van der Waals surface area (Å²) in [6.45, 7) is 3.03. The van der Waals surface area contributed by atoms with Crippen LogP contribution in [0.15, 0.2) is 18.3 Å². The largest absolute Gasteiger partial charge is 0.361 e. The van der Waals surface area contributed by atoms with Crippen LogP contribution in [0.4, 0.5) is 5.82 Å². The first-order valence-electron chi connectivity index (χ1n) is 4.30. The molecule has 0 aliphatic rings. The Balaban J connectivity index is 2.34. The summed E-state index contributed by atoms with van der Waals surface area (Å²) in [6, 6.07) is 4.33. The fraction of sp³-hybridized carbons (Fsp3) is 0.556. The van der Waals surface area contributed by atoms with Gasteiger partial charge in [-0.25, -0.2) is 0 Å². The SMILES string of the molecule is CC(N)CCN(C)c1ccc[nH]1. The van der Waals surface area contributed by atoms with E-state index in [2.05, 4.69) is 23.0 Å². The molecule has 1 aromatic heterocycles. The maximum Gasteiger partial charge on any atom is 0.105 e. The molecule has 3 heteroatoms. The van der Waals surface area contributed by atoms with Crippen LogP contribution in [0.25, 0.3) is 0 Å². The maximum absolute atomic E-state index is 5.66. The Hall–Kier alpha value is -0.960. The number of hydrogen-bond donors (Lipinski definition) is 2. The summed E-state index contributed by atoms with van der Waals surface area (Å²) in [4.78, 5) is 5.32. The average Bonchev–Trinajstić information content (AvgIpc) is 2.51. The van der Waals surface area contributed by atoms with Crippen LogP contribution in [0.5, 0.6) is 0 Å². The third kappa shape index (κ3) is 2.58. The highest BCUT2D eigenvalue weighted by atomic mass is 15.2. The molecule has 0 bridgehead atoms. The van der Waals surface area contributed by atoms with Gasteiger partial charge < -0.3 is 15.6 Å². The summed E-state index contributed by atoms with van der Waals surface area (Å²) in [5.74, 6) is 1.15. The first kappa shape index (κ1) is 9.13. The summed E-state index contributed by atoms with van der Waals surface area (Å²) in [5, 5.41) is 0. The first-order chi connectivity index (χ1) is 5.70. The van der Waals surface area contributed by atoms with Gasteiger partial charge in [0.2, 0.25) is 0 Å². The second-order valence-electron chi connectivity index (χ2n) is 3.24. The van der Waals surface area contributed by atoms with E-state index in [1.807, 2.05) is 19.2 Å². The number of nitrogens with two attached hydrogens (primary N) is 1. The normalized spacial score (nSPS) is 12.9. The molecule has 1 heterocycles. The fourth-order valence-electron chi connectivity index (χ4n) is 1.08. The molecule has 1 aromatic rings. The standard InChI is InChI=1S/C9H17N3/c1-8(10)5-7-12(2)9-4-3-6-11-9/h3-4,6,8,11H,5,7,10H2,1-2H3. The van der Waals surface area contributed by atoms with Crippen molar-refractivity contribution in [2.75, 3.05) is 18.5 Å². The number of hydrogen-bond acceptors (Lipinski definition) is 2. The van der Waals surface area contributed by atoms with Crippen LogP contribution in [-0.4, -0.2) is 24.6 Å². The molecular weight excluding hydrogens is 150 g/mol. The number of aromatic amines is 1. The fourth-order valence-corrected chi connectivity index (χ4v) is 1.08. The average molecular weight is 167 g/mol. The van der Waals surface area contributed by atoms with Crippen molar-refractivity contribution in [3.05, 3.63) is 18.3 Å². The molecule has 1 atom stereocenters. The zero-order valence-electron chi connectivity index (χ0n) is 7.75. The van der Waals surface area contributed by atoms with Crippen LogP contribution in [0.1, 0.15) is 13.3 Å². The molecule has 0 fully saturated rings. The van der Waals surface area contributed by atoms with Gasteiger partial charge in [-0.2, -0.15) is 0 Å². The van der Waals surface area contributed by atoms with Gasteiger partial charge in [-0.3, -0.25) is 0 Å². The smallest absolute Gasteiger partial charge is 0.105 e. The molecule has 0 saturated heterocycles. The lowest BCUT2D eigenvalue weighted by atomic mass is 10.2. The Kier molecular flexibility index (Phi) is 3.17. The van der Waals surface area contributed by atoms with Crippen LogP contribution in [0, 0.1) is 0 Å². The molecule has 0 amide bonds. The molecule has 3 N–H and O–H groups in total. The van der Waals surface area contributed by atoms with Gasteiger partial charge in [0.25, 0.3) is 0 Å². The van der Waals surface area contributed by atoms with Gasteiger partial charge in [-0.1, -0.05) is 0 Å². The van der Waals surface area contributed by atoms with E-state index in [0.29, 0.717) is 0 Å². The highest BCUT2D eigenvalue weighted by Crippen LogP contribution is 2.07. The highest BCUT2D eigenvalue weighted by Gasteiger charge is 2.01. The monoisotopic (exact) mass is 167 g/mol.